The van der Waals surface area contributed by atoms with Crippen molar-refractivity contribution in [3.8, 4) is 0 Å². The maximum Gasteiger partial charge on any atom is 0.361 e. The zero-order valence-electron chi connectivity index (χ0n) is 56.3. The van der Waals surface area contributed by atoms with Gasteiger partial charge in [0, 0.05) is 12.8 Å². The number of hydrogen-bond donors (Lipinski definition) is 1. The highest BCUT2D eigenvalue weighted by Crippen LogP contribution is 2.18. The number of ether oxygens (including phenoxy) is 4. The summed E-state index contributed by atoms with van der Waals surface area (Å²) in [5, 5.41) is 9.75. The summed E-state index contributed by atoms with van der Waals surface area (Å²) in [7, 11) is 5.98. The number of aliphatic carboxylic acids is 1. The van der Waals surface area contributed by atoms with E-state index in [1.165, 1.54) is 218 Å². The van der Waals surface area contributed by atoms with E-state index in [9.17, 15) is 19.5 Å². The van der Waals surface area contributed by atoms with E-state index < -0.39 is 24.3 Å². The molecule has 2 unspecified atom stereocenters. The van der Waals surface area contributed by atoms with Gasteiger partial charge in [-0.25, -0.2) is 4.79 Å². The fourth-order valence-corrected chi connectivity index (χ4v) is 10.2. The largest absolute Gasteiger partial charge is 0.477 e. The third kappa shape index (κ3) is 67.8. The van der Waals surface area contributed by atoms with Crippen LogP contribution >= 0.6 is 0 Å². The quantitative estimate of drug-likeness (QED) is 0.0211. The Morgan fingerprint density at radius 2 is 0.671 bits per heavy atom. The van der Waals surface area contributed by atoms with Gasteiger partial charge in [0.05, 0.1) is 34.4 Å². The molecule has 0 aromatic carbocycles. The van der Waals surface area contributed by atoms with E-state index in [0.29, 0.717) is 17.4 Å². The number of esters is 2. The number of quaternary nitrogens is 1. The summed E-state index contributed by atoms with van der Waals surface area (Å²) in [6.07, 6.45) is 87.0. The van der Waals surface area contributed by atoms with Crippen molar-refractivity contribution in [2.75, 3.05) is 47.5 Å². The summed E-state index contributed by atoms with van der Waals surface area (Å²) in [5.74, 6) is -1.99. The van der Waals surface area contributed by atoms with E-state index in [1.54, 1.807) is 0 Å². The molecule has 492 valence electrons. The molecule has 0 aromatic rings. The molecule has 2 atom stereocenters. The number of unbranched alkanes of at least 4 members (excludes halogenated alkanes) is 37. The van der Waals surface area contributed by atoms with Crippen molar-refractivity contribution in [2.45, 2.75) is 334 Å². The summed E-state index contributed by atoms with van der Waals surface area (Å²) in [4.78, 5) is 37.6. The lowest BCUT2D eigenvalue weighted by Gasteiger charge is -2.25. The van der Waals surface area contributed by atoms with Crippen LogP contribution in [0.15, 0.2) is 85.1 Å². The number of allylic oxidation sites excluding steroid dienone is 14. The molecule has 9 nitrogen and oxygen atoms in total. The van der Waals surface area contributed by atoms with Crippen LogP contribution in [0.4, 0.5) is 0 Å². The molecule has 0 aliphatic heterocycles. The van der Waals surface area contributed by atoms with Gasteiger partial charge in [-0.2, -0.15) is 0 Å². The van der Waals surface area contributed by atoms with E-state index in [1.807, 2.05) is 21.1 Å². The zero-order valence-corrected chi connectivity index (χ0v) is 56.3. The van der Waals surface area contributed by atoms with Crippen LogP contribution in [-0.2, 0) is 33.3 Å². The Balaban J connectivity index is 4.04. The minimum absolute atomic E-state index is 0.182. The van der Waals surface area contributed by atoms with Crippen LogP contribution in [0.2, 0.25) is 0 Å². The van der Waals surface area contributed by atoms with Gasteiger partial charge in [-0.3, -0.25) is 9.59 Å². The number of rotatable bonds is 66. The van der Waals surface area contributed by atoms with Gasteiger partial charge < -0.3 is 28.5 Å². The van der Waals surface area contributed by atoms with Crippen molar-refractivity contribution >= 4 is 17.9 Å². The van der Waals surface area contributed by atoms with Crippen LogP contribution in [0.1, 0.15) is 322 Å². The second kappa shape index (κ2) is 66.4. The smallest absolute Gasteiger partial charge is 0.361 e. The molecule has 85 heavy (non-hydrogen) atoms. The number of likely N-dealkylation sites (N-methyl/N-ethyl adjacent to an activating group) is 1. The maximum atomic E-state index is 13.0. The predicted molar refractivity (Wildman–Crippen MR) is 364 cm³/mol. The molecule has 0 amide bonds. The van der Waals surface area contributed by atoms with E-state index >= 15 is 0 Å². The number of carboxylic acid groups (broad SMARTS) is 1. The lowest BCUT2D eigenvalue weighted by atomic mass is 10.0. The molecule has 0 saturated heterocycles. The third-order valence-corrected chi connectivity index (χ3v) is 15.6. The first-order valence-electron chi connectivity index (χ1n) is 35.8. The van der Waals surface area contributed by atoms with Crippen LogP contribution < -0.4 is 0 Å². The van der Waals surface area contributed by atoms with Crippen molar-refractivity contribution in [3.63, 3.8) is 0 Å². The van der Waals surface area contributed by atoms with Crippen molar-refractivity contribution in [1.29, 1.82) is 0 Å². The van der Waals surface area contributed by atoms with E-state index in [2.05, 4.69) is 98.9 Å². The Morgan fingerprint density at radius 3 is 1.00 bits per heavy atom. The SMILES string of the molecule is CC/C=C\C/C=C\C/C=C\C/C=C\C/C=C\CCCCCCCCCCCCCCCCCCCCCCCC(=O)OC(COC(=O)CCCCCCCCCCCCC/C=C\C/C=C\CCCCCCC)COC(OCC[N+](C)(C)C)C(=O)O. The Labute approximate surface area is 525 Å². The molecule has 0 aromatic heterocycles. The van der Waals surface area contributed by atoms with E-state index in [-0.39, 0.29) is 32.2 Å². The normalized spacial score (nSPS) is 13.2. The average molecular weight is 1190 g/mol. The summed E-state index contributed by atoms with van der Waals surface area (Å²) >= 11 is 0. The van der Waals surface area contributed by atoms with Crippen molar-refractivity contribution < 1.29 is 42.9 Å². The number of carbonyl (C=O) groups is 3. The van der Waals surface area contributed by atoms with Gasteiger partial charge in [0.2, 0.25) is 0 Å². The van der Waals surface area contributed by atoms with E-state index in [0.717, 1.165) is 77.0 Å². The summed E-state index contributed by atoms with van der Waals surface area (Å²) in [6.45, 7) is 4.79. The highest BCUT2D eigenvalue weighted by atomic mass is 16.7. The minimum Gasteiger partial charge on any atom is -0.477 e. The second-order valence-corrected chi connectivity index (χ2v) is 25.2. The number of carboxylic acids is 1. The van der Waals surface area contributed by atoms with Crippen LogP contribution in [0, 0.1) is 0 Å². The predicted octanol–water partition coefficient (Wildman–Crippen LogP) is 22.2. The Bertz CT molecular complexity index is 1670. The fraction of sp³-hybridized carbons (Fsp3) is 0.776. The van der Waals surface area contributed by atoms with Gasteiger partial charge in [-0.15, -0.1) is 0 Å². The molecule has 0 rings (SSSR count). The van der Waals surface area contributed by atoms with Gasteiger partial charge >= 0.3 is 17.9 Å². The molecule has 0 fully saturated rings. The van der Waals surface area contributed by atoms with Gasteiger partial charge in [-0.1, -0.05) is 304 Å². The zero-order chi connectivity index (χ0) is 61.9. The average Bonchev–Trinajstić information content (AvgIpc) is 3.48. The summed E-state index contributed by atoms with van der Waals surface area (Å²) in [5.41, 5.74) is 0. The van der Waals surface area contributed by atoms with E-state index in [4.69, 9.17) is 18.9 Å². The van der Waals surface area contributed by atoms with Crippen LogP contribution in [-0.4, -0.2) is 87.4 Å². The Morgan fingerprint density at radius 1 is 0.365 bits per heavy atom. The van der Waals surface area contributed by atoms with Crippen molar-refractivity contribution in [1.82, 2.24) is 0 Å². The number of hydrogen-bond acceptors (Lipinski definition) is 7. The summed E-state index contributed by atoms with van der Waals surface area (Å²) in [6, 6.07) is 0. The van der Waals surface area contributed by atoms with Crippen LogP contribution in [0.3, 0.4) is 0 Å². The molecule has 0 heterocycles. The van der Waals surface area contributed by atoms with Crippen molar-refractivity contribution in [3.05, 3.63) is 85.1 Å². The topological polar surface area (TPSA) is 108 Å². The van der Waals surface area contributed by atoms with Crippen LogP contribution in [0.25, 0.3) is 0 Å². The van der Waals surface area contributed by atoms with Gasteiger partial charge in [0.1, 0.15) is 13.2 Å². The molecule has 0 bridgehead atoms. The maximum absolute atomic E-state index is 13.0. The standard InChI is InChI=1S/C76H135NO8/c1-6-8-10-12-14-16-18-20-22-24-26-28-30-31-32-33-34-35-36-37-38-39-40-41-42-43-45-47-49-51-53-55-57-59-61-63-65-67-74(79)85-72(71-84-76(75(80)81)82-69-68-77(3,4)5)70-83-73(78)66-64-62-60-58-56-54-52-50-48-46-44-29-27-25-23-21-19-17-15-13-11-9-7-2/h8,10,14,16,19-22,25-28,31-32,72,76H,6-7,9,11-13,15,17-18,23-24,29-30,33-71H2,1-5H3/p+1/b10-8-,16-14-,21-19-,22-20-,27-25-,28-26-,32-31-. The van der Waals surface area contributed by atoms with Gasteiger partial charge in [0.15, 0.2) is 6.10 Å². The fourth-order valence-electron chi connectivity index (χ4n) is 10.2. The molecular weight excluding hydrogens is 1050 g/mol. The highest BCUT2D eigenvalue weighted by Gasteiger charge is 2.25. The number of carbonyl (C=O) groups excluding carboxylic acids is 2. The number of nitrogens with zero attached hydrogens (tertiary/aromatic N) is 1. The van der Waals surface area contributed by atoms with Crippen LogP contribution in [0.5, 0.6) is 0 Å². The third-order valence-electron chi connectivity index (χ3n) is 15.6. The molecule has 0 spiro atoms. The van der Waals surface area contributed by atoms with Gasteiger partial charge in [-0.05, 0) is 89.9 Å². The van der Waals surface area contributed by atoms with Gasteiger partial charge in [0.25, 0.3) is 6.29 Å². The first-order valence-corrected chi connectivity index (χ1v) is 35.8. The molecular formula is C76H136NO8+. The molecule has 0 saturated carbocycles. The second-order valence-electron chi connectivity index (χ2n) is 25.2. The monoisotopic (exact) mass is 1190 g/mol. The minimum atomic E-state index is -1.51. The first kappa shape index (κ1) is 81.5. The highest BCUT2D eigenvalue weighted by molar-refractivity contribution is 5.71. The van der Waals surface area contributed by atoms with Crippen molar-refractivity contribution in [2.24, 2.45) is 0 Å². The Hall–Kier alpha value is -3.53. The lowest BCUT2D eigenvalue weighted by molar-refractivity contribution is -0.870. The molecule has 1 N–H and O–H groups in total. The first-order chi connectivity index (χ1) is 41.6. The summed E-state index contributed by atoms with van der Waals surface area (Å²) < 4.78 is 23.0. The Kier molecular flexibility index (Phi) is 63.7. The molecule has 9 heteroatoms. The molecule has 0 aliphatic carbocycles. The molecule has 0 radical (unpaired) electrons. The molecule has 0 aliphatic rings. The lowest BCUT2D eigenvalue weighted by Crippen LogP contribution is -2.40.